The third-order valence-corrected chi connectivity index (χ3v) is 3.24. The van der Waals surface area contributed by atoms with E-state index in [0.29, 0.717) is 13.1 Å². The van der Waals surface area contributed by atoms with Crippen LogP contribution in [0.5, 0.6) is 0 Å². The highest BCUT2D eigenvalue weighted by Gasteiger charge is 2.26. The maximum atomic E-state index is 11.5. The van der Waals surface area contributed by atoms with Crippen molar-refractivity contribution in [1.29, 1.82) is 0 Å². The van der Waals surface area contributed by atoms with E-state index in [1.54, 1.807) is 41.5 Å². The molecule has 0 saturated heterocycles. The van der Waals surface area contributed by atoms with Gasteiger partial charge in [0.1, 0.15) is 0 Å². The summed E-state index contributed by atoms with van der Waals surface area (Å²) in [5.41, 5.74) is -1.44. The minimum Gasteiger partial charge on any atom is -0.376 e. The smallest absolute Gasteiger partial charge is 0.376 e. The highest BCUT2D eigenvalue weighted by molar-refractivity contribution is 5.87. The Hall–Kier alpha value is -2.12. The molecule has 150 valence electrons. The molecule has 0 bridgehead atoms. The molecule has 26 heavy (non-hydrogen) atoms. The normalized spacial score (nSPS) is 11.5. The quantitative estimate of drug-likeness (QED) is 0.403. The van der Waals surface area contributed by atoms with E-state index in [1.165, 1.54) is 0 Å². The summed E-state index contributed by atoms with van der Waals surface area (Å²) in [5.74, 6) is -1.14. The van der Waals surface area contributed by atoms with Crippen molar-refractivity contribution in [3.05, 3.63) is 0 Å². The van der Waals surface area contributed by atoms with E-state index in [0.717, 1.165) is 25.7 Å². The zero-order valence-corrected chi connectivity index (χ0v) is 16.7. The fourth-order valence-electron chi connectivity index (χ4n) is 1.53. The third kappa shape index (κ3) is 11.4. The van der Waals surface area contributed by atoms with E-state index in [2.05, 4.69) is 20.1 Å². The lowest BCUT2D eigenvalue weighted by Crippen LogP contribution is -2.33. The second-order valence-electron chi connectivity index (χ2n) is 8.12. The van der Waals surface area contributed by atoms with Crippen LogP contribution in [0.4, 0.5) is 9.59 Å². The SMILES string of the molecule is CC(C)(C)C(=O)OC(=O)NCCCCCCNC(=O)OC(=O)C(C)(C)C. The molecule has 0 aliphatic rings. The number of nitrogens with one attached hydrogen (secondary N) is 2. The molecule has 0 atom stereocenters. The number of alkyl carbamates (subject to hydrolysis) is 2. The lowest BCUT2D eigenvalue weighted by molar-refractivity contribution is -0.147. The third-order valence-electron chi connectivity index (χ3n) is 3.24. The molecule has 8 heteroatoms. The van der Waals surface area contributed by atoms with Gasteiger partial charge in [-0.3, -0.25) is 9.59 Å². The van der Waals surface area contributed by atoms with Gasteiger partial charge in [0, 0.05) is 13.1 Å². The van der Waals surface area contributed by atoms with E-state index in [1.807, 2.05) is 0 Å². The Morgan fingerprint density at radius 3 is 1.19 bits per heavy atom. The first kappa shape index (κ1) is 23.9. The molecule has 0 saturated carbocycles. The number of rotatable bonds is 7. The maximum Gasteiger partial charge on any atom is 0.414 e. The van der Waals surface area contributed by atoms with Crippen LogP contribution in [0.2, 0.25) is 0 Å². The van der Waals surface area contributed by atoms with Gasteiger partial charge in [0.05, 0.1) is 10.8 Å². The van der Waals surface area contributed by atoms with Crippen LogP contribution in [0, 0.1) is 10.8 Å². The Bertz CT molecular complexity index is 457. The van der Waals surface area contributed by atoms with E-state index in [-0.39, 0.29) is 0 Å². The van der Waals surface area contributed by atoms with Crippen molar-refractivity contribution in [1.82, 2.24) is 10.6 Å². The molecule has 0 unspecified atom stereocenters. The van der Waals surface area contributed by atoms with Gasteiger partial charge in [0.15, 0.2) is 0 Å². The molecule has 0 aromatic heterocycles. The first-order valence-corrected chi connectivity index (χ1v) is 8.84. The average Bonchev–Trinajstić information content (AvgIpc) is 2.47. The van der Waals surface area contributed by atoms with Gasteiger partial charge in [0.2, 0.25) is 0 Å². The van der Waals surface area contributed by atoms with Gasteiger partial charge >= 0.3 is 24.1 Å². The predicted octanol–water partition coefficient (Wildman–Crippen LogP) is 3.14. The number of hydrogen-bond acceptors (Lipinski definition) is 6. The molecular weight excluding hydrogens is 340 g/mol. The second kappa shape index (κ2) is 10.8. The second-order valence-corrected chi connectivity index (χ2v) is 8.12. The molecule has 8 nitrogen and oxygen atoms in total. The van der Waals surface area contributed by atoms with Crippen molar-refractivity contribution in [3.8, 4) is 0 Å². The fourth-order valence-corrected chi connectivity index (χ4v) is 1.53. The summed E-state index contributed by atoms with van der Waals surface area (Å²) in [6, 6.07) is 0. The molecule has 2 N–H and O–H groups in total. The molecule has 0 rings (SSSR count). The van der Waals surface area contributed by atoms with E-state index in [4.69, 9.17) is 0 Å². The van der Waals surface area contributed by atoms with Crippen molar-refractivity contribution < 1.29 is 28.7 Å². The monoisotopic (exact) mass is 372 g/mol. The number of carbonyl (C=O) groups is 4. The molecule has 0 aliphatic heterocycles. The van der Waals surface area contributed by atoms with Crippen molar-refractivity contribution >= 4 is 24.1 Å². The van der Waals surface area contributed by atoms with Crippen molar-refractivity contribution in [3.63, 3.8) is 0 Å². The summed E-state index contributed by atoms with van der Waals surface area (Å²) in [4.78, 5) is 45.9. The Morgan fingerprint density at radius 2 is 0.923 bits per heavy atom. The number of amides is 2. The number of ether oxygens (including phenoxy) is 2. The van der Waals surface area contributed by atoms with Gasteiger partial charge in [-0.2, -0.15) is 0 Å². The van der Waals surface area contributed by atoms with E-state index >= 15 is 0 Å². The molecule has 0 aliphatic carbocycles. The molecule has 0 radical (unpaired) electrons. The van der Waals surface area contributed by atoms with Crippen LogP contribution in [0.1, 0.15) is 67.2 Å². The topological polar surface area (TPSA) is 111 Å². The predicted molar refractivity (Wildman–Crippen MR) is 96.4 cm³/mol. The average molecular weight is 372 g/mol. The maximum absolute atomic E-state index is 11.5. The Balaban J connectivity index is 3.65. The van der Waals surface area contributed by atoms with Crippen LogP contribution in [-0.2, 0) is 19.1 Å². The summed E-state index contributed by atoms with van der Waals surface area (Å²) >= 11 is 0. The molecule has 0 aromatic rings. The van der Waals surface area contributed by atoms with Gasteiger partial charge in [-0.05, 0) is 54.4 Å². The standard InChI is InChI=1S/C18H32N2O6/c1-17(2,3)13(21)25-15(23)19-11-9-7-8-10-12-20-16(24)26-14(22)18(4,5)6/h7-12H2,1-6H3,(H,19,23)(H,20,24). The Kier molecular flexibility index (Phi) is 9.90. The van der Waals surface area contributed by atoms with Gasteiger partial charge in [-0.1, -0.05) is 12.8 Å². The number of carbonyl (C=O) groups excluding carboxylic acids is 4. The number of esters is 2. The van der Waals surface area contributed by atoms with Crippen LogP contribution in [-0.4, -0.2) is 37.2 Å². The molecule has 0 heterocycles. The zero-order chi connectivity index (χ0) is 20.4. The molecule has 0 spiro atoms. The Labute approximate surface area is 155 Å². The number of unbranched alkanes of at least 4 members (excludes halogenated alkanes) is 3. The first-order chi connectivity index (χ1) is 11.8. The molecule has 0 aromatic carbocycles. The minimum absolute atomic E-state index is 0.409. The van der Waals surface area contributed by atoms with Crippen LogP contribution in [0.3, 0.4) is 0 Å². The van der Waals surface area contributed by atoms with Gasteiger partial charge in [-0.25, -0.2) is 9.59 Å². The van der Waals surface area contributed by atoms with E-state index in [9.17, 15) is 19.2 Å². The largest absolute Gasteiger partial charge is 0.414 e. The zero-order valence-electron chi connectivity index (χ0n) is 16.7. The van der Waals surface area contributed by atoms with Crippen molar-refractivity contribution in [2.45, 2.75) is 67.2 Å². The van der Waals surface area contributed by atoms with Crippen LogP contribution in [0.25, 0.3) is 0 Å². The molecule has 2 amide bonds. The molecule has 0 fully saturated rings. The van der Waals surface area contributed by atoms with Gasteiger partial charge < -0.3 is 20.1 Å². The summed E-state index contributed by atoms with van der Waals surface area (Å²) in [6.07, 6.45) is 1.66. The summed E-state index contributed by atoms with van der Waals surface area (Å²) in [6.45, 7) is 10.8. The number of hydrogen-bond donors (Lipinski definition) is 2. The van der Waals surface area contributed by atoms with Crippen LogP contribution >= 0.6 is 0 Å². The lowest BCUT2D eigenvalue weighted by Gasteiger charge is -2.15. The van der Waals surface area contributed by atoms with Crippen molar-refractivity contribution in [2.75, 3.05) is 13.1 Å². The van der Waals surface area contributed by atoms with E-state index < -0.39 is 35.0 Å². The highest BCUT2D eigenvalue weighted by atomic mass is 16.6. The summed E-state index contributed by atoms with van der Waals surface area (Å²) < 4.78 is 9.33. The minimum atomic E-state index is -0.738. The summed E-state index contributed by atoms with van der Waals surface area (Å²) in [5, 5.41) is 5.04. The molecular formula is C18H32N2O6. The first-order valence-electron chi connectivity index (χ1n) is 8.84. The van der Waals surface area contributed by atoms with Crippen LogP contribution in [0.15, 0.2) is 0 Å². The Morgan fingerprint density at radius 1 is 0.615 bits per heavy atom. The highest BCUT2D eigenvalue weighted by Crippen LogP contribution is 2.15. The fraction of sp³-hybridized carbons (Fsp3) is 0.778. The summed E-state index contributed by atoms with van der Waals surface area (Å²) in [7, 11) is 0. The van der Waals surface area contributed by atoms with Crippen LogP contribution < -0.4 is 10.6 Å². The van der Waals surface area contributed by atoms with Gasteiger partial charge in [0.25, 0.3) is 0 Å². The van der Waals surface area contributed by atoms with Crippen molar-refractivity contribution in [2.24, 2.45) is 10.8 Å². The lowest BCUT2D eigenvalue weighted by atomic mass is 9.97. The van der Waals surface area contributed by atoms with Gasteiger partial charge in [-0.15, -0.1) is 0 Å².